The average Bonchev–Trinajstić information content (AvgIpc) is 2.45. The number of hydrogen-bond donors (Lipinski definition) is 1. The van der Waals surface area contributed by atoms with Crippen LogP contribution in [0, 0.1) is 0 Å². The van der Waals surface area contributed by atoms with Gasteiger partial charge in [-0.25, -0.2) is 0 Å². The van der Waals surface area contributed by atoms with Gasteiger partial charge in [0.1, 0.15) is 0 Å². The average molecular weight is 332 g/mol. The van der Waals surface area contributed by atoms with Crippen LogP contribution in [0.5, 0.6) is 0 Å². The molecule has 0 spiro atoms. The maximum absolute atomic E-state index is 12.4. The van der Waals surface area contributed by atoms with Crippen LogP contribution in [0.1, 0.15) is 18.9 Å². The summed E-state index contributed by atoms with van der Waals surface area (Å²) in [6.45, 7) is 2.01. The maximum Gasteiger partial charge on any atom is 0.416 e. The smallest absolute Gasteiger partial charge is 0.385 e. The zero-order valence-corrected chi connectivity index (χ0v) is 12.9. The fourth-order valence-corrected chi connectivity index (χ4v) is 1.86. The molecule has 0 aromatic heterocycles. The van der Waals surface area contributed by atoms with E-state index in [1.807, 2.05) is 0 Å². The fraction of sp³-hybridized carbons (Fsp3) is 0.467. The van der Waals surface area contributed by atoms with Crippen molar-refractivity contribution in [1.29, 1.82) is 0 Å². The highest BCUT2D eigenvalue weighted by Gasteiger charge is 2.30. The van der Waals surface area contributed by atoms with E-state index in [1.54, 1.807) is 0 Å². The Morgan fingerprint density at radius 1 is 1.22 bits per heavy atom. The lowest BCUT2D eigenvalue weighted by molar-refractivity contribution is -0.137. The van der Waals surface area contributed by atoms with E-state index in [4.69, 9.17) is 4.74 Å². The zero-order valence-electron chi connectivity index (χ0n) is 12.9. The van der Waals surface area contributed by atoms with Crippen molar-refractivity contribution < 1.29 is 27.5 Å². The topological polar surface area (TPSA) is 58.6 Å². The van der Waals surface area contributed by atoms with Gasteiger partial charge in [0.15, 0.2) is 0 Å². The quantitative estimate of drug-likeness (QED) is 0.781. The molecule has 0 fully saturated rings. The number of amides is 2. The highest BCUT2D eigenvalue weighted by molar-refractivity contribution is 5.94. The number of anilines is 1. The Hall–Kier alpha value is -2.09. The van der Waals surface area contributed by atoms with Crippen molar-refractivity contribution in [3.8, 4) is 0 Å². The van der Waals surface area contributed by atoms with E-state index in [-0.39, 0.29) is 18.1 Å². The molecule has 2 amide bonds. The first-order valence-electron chi connectivity index (χ1n) is 6.95. The third-order valence-electron chi connectivity index (χ3n) is 3.05. The van der Waals surface area contributed by atoms with Crippen LogP contribution in [-0.2, 0) is 20.5 Å². The summed E-state index contributed by atoms with van der Waals surface area (Å²) in [5.41, 5.74) is -0.552. The second kappa shape index (κ2) is 8.52. The minimum Gasteiger partial charge on any atom is -0.385 e. The summed E-state index contributed by atoms with van der Waals surface area (Å²) in [4.78, 5) is 24.7. The van der Waals surface area contributed by atoms with Crippen molar-refractivity contribution in [3.63, 3.8) is 0 Å². The number of alkyl halides is 3. The molecular weight excluding hydrogens is 313 g/mol. The highest BCUT2D eigenvalue weighted by Crippen LogP contribution is 2.29. The number of hydrogen-bond acceptors (Lipinski definition) is 3. The van der Waals surface area contributed by atoms with Crippen LogP contribution in [0.3, 0.4) is 0 Å². The maximum atomic E-state index is 12.4. The van der Waals surface area contributed by atoms with E-state index >= 15 is 0 Å². The zero-order chi connectivity index (χ0) is 17.5. The summed E-state index contributed by atoms with van der Waals surface area (Å²) >= 11 is 0. The van der Waals surface area contributed by atoms with Crippen LogP contribution in [0.15, 0.2) is 24.3 Å². The lowest BCUT2D eigenvalue weighted by Crippen LogP contribution is -2.37. The van der Waals surface area contributed by atoms with Crippen molar-refractivity contribution in [2.24, 2.45) is 0 Å². The SMILES string of the molecule is COCCCN(CC(=O)Nc1ccc(C(F)(F)F)cc1)C(C)=O. The summed E-state index contributed by atoms with van der Waals surface area (Å²) < 4.78 is 42.2. The summed E-state index contributed by atoms with van der Waals surface area (Å²) in [6.07, 6.45) is -3.83. The molecule has 1 N–H and O–H groups in total. The van der Waals surface area contributed by atoms with Crippen molar-refractivity contribution in [3.05, 3.63) is 29.8 Å². The Morgan fingerprint density at radius 3 is 2.30 bits per heavy atom. The molecule has 0 atom stereocenters. The molecule has 1 rings (SSSR count). The Bertz CT molecular complexity index is 530. The highest BCUT2D eigenvalue weighted by atomic mass is 19.4. The number of nitrogens with zero attached hydrogens (tertiary/aromatic N) is 1. The van der Waals surface area contributed by atoms with Gasteiger partial charge >= 0.3 is 6.18 Å². The summed E-state index contributed by atoms with van der Waals surface area (Å²) in [7, 11) is 1.54. The van der Waals surface area contributed by atoms with Gasteiger partial charge in [-0.15, -0.1) is 0 Å². The molecule has 0 heterocycles. The number of halogens is 3. The van der Waals surface area contributed by atoms with E-state index in [2.05, 4.69) is 5.32 Å². The molecule has 0 saturated carbocycles. The predicted octanol–water partition coefficient (Wildman–Crippen LogP) is 2.53. The van der Waals surface area contributed by atoms with Gasteiger partial charge in [-0.3, -0.25) is 9.59 Å². The Morgan fingerprint density at radius 2 is 1.83 bits per heavy atom. The van der Waals surface area contributed by atoms with Gasteiger partial charge in [0.05, 0.1) is 12.1 Å². The number of benzene rings is 1. The molecule has 0 aliphatic carbocycles. The predicted molar refractivity (Wildman–Crippen MR) is 78.8 cm³/mol. The number of methoxy groups -OCH3 is 1. The number of rotatable bonds is 7. The first-order chi connectivity index (χ1) is 10.7. The van der Waals surface area contributed by atoms with Gasteiger partial charge < -0.3 is 15.0 Å². The van der Waals surface area contributed by atoms with Crippen molar-refractivity contribution in [1.82, 2.24) is 4.90 Å². The lowest BCUT2D eigenvalue weighted by Gasteiger charge is -2.20. The van der Waals surface area contributed by atoms with Gasteiger partial charge in [-0.1, -0.05) is 0 Å². The Kier molecular flexibility index (Phi) is 7.02. The molecule has 0 bridgehead atoms. The van der Waals surface area contributed by atoms with Gasteiger partial charge in [0.2, 0.25) is 11.8 Å². The third kappa shape index (κ3) is 6.68. The van der Waals surface area contributed by atoms with E-state index in [0.717, 1.165) is 12.1 Å². The summed E-state index contributed by atoms with van der Waals surface area (Å²) in [5.74, 6) is -0.735. The van der Waals surface area contributed by atoms with Crippen LogP contribution < -0.4 is 5.32 Å². The molecule has 1 aromatic carbocycles. The second-order valence-corrected chi connectivity index (χ2v) is 4.91. The molecule has 0 saturated heterocycles. The van der Waals surface area contributed by atoms with Crippen LogP contribution in [0.4, 0.5) is 18.9 Å². The Balaban J connectivity index is 2.58. The van der Waals surface area contributed by atoms with Crippen LogP contribution >= 0.6 is 0 Å². The fourth-order valence-electron chi connectivity index (χ4n) is 1.86. The molecule has 5 nitrogen and oxygen atoms in total. The van der Waals surface area contributed by atoms with Crippen LogP contribution in [0.2, 0.25) is 0 Å². The molecule has 0 aliphatic rings. The van der Waals surface area contributed by atoms with E-state index in [1.165, 1.54) is 31.1 Å². The second-order valence-electron chi connectivity index (χ2n) is 4.91. The van der Waals surface area contributed by atoms with Gasteiger partial charge in [-0.05, 0) is 30.7 Å². The van der Waals surface area contributed by atoms with Gasteiger partial charge in [-0.2, -0.15) is 13.2 Å². The van der Waals surface area contributed by atoms with Gasteiger partial charge in [0, 0.05) is 32.9 Å². The van der Waals surface area contributed by atoms with Crippen LogP contribution in [-0.4, -0.2) is 43.5 Å². The number of carbonyl (C=O) groups is 2. The summed E-state index contributed by atoms with van der Waals surface area (Å²) in [5, 5.41) is 2.46. The number of carbonyl (C=O) groups excluding carboxylic acids is 2. The van der Waals surface area contributed by atoms with E-state index in [9.17, 15) is 22.8 Å². The molecule has 23 heavy (non-hydrogen) atoms. The number of ether oxygens (including phenoxy) is 1. The minimum atomic E-state index is -4.42. The first kappa shape index (κ1) is 19.0. The van der Waals surface area contributed by atoms with E-state index in [0.29, 0.717) is 19.6 Å². The molecule has 0 aliphatic heterocycles. The molecule has 8 heteroatoms. The van der Waals surface area contributed by atoms with E-state index < -0.39 is 17.6 Å². The van der Waals surface area contributed by atoms with Crippen molar-refractivity contribution in [2.45, 2.75) is 19.5 Å². The van der Waals surface area contributed by atoms with Crippen molar-refractivity contribution >= 4 is 17.5 Å². The number of nitrogens with one attached hydrogen (secondary N) is 1. The van der Waals surface area contributed by atoms with Gasteiger partial charge in [0.25, 0.3) is 0 Å². The van der Waals surface area contributed by atoms with Crippen LogP contribution in [0.25, 0.3) is 0 Å². The molecule has 128 valence electrons. The van der Waals surface area contributed by atoms with Crippen molar-refractivity contribution in [2.75, 3.05) is 32.1 Å². The largest absolute Gasteiger partial charge is 0.416 e. The molecule has 0 unspecified atom stereocenters. The molecule has 0 radical (unpaired) electrons. The lowest BCUT2D eigenvalue weighted by atomic mass is 10.2. The molecule has 1 aromatic rings. The normalized spacial score (nSPS) is 11.2. The Labute approximate surface area is 132 Å². The first-order valence-corrected chi connectivity index (χ1v) is 6.95. The standard InChI is InChI=1S/C15H19F3N2O3/c1-11(21)20(8-3-9-23-2)10-14(22)19-13-6-4-12(5-7-13)15(16,17)18/h4-7H,3,8-10H2,1-2H3,(H,19,22). The third-order valence-corrected chi connectivity index (χ3v) is 3.05. The molecular formula is C15H19F3N2O3. The summed E-state index contributed by atoms with van der Waals surface area (Å²) in [6, 6.07) is 4.11. The monoisotopic (exact) mass is 332 g/mol. The minimum absolute atomic E-state index is 0.167.